The maximum absolute atomic E-state index is 14.2. The second-order valence-electron chi connectivity index (χ2n) is 14.0. The lowest BCUT2D eigenvalue weighted by Crippen LogP contribution is -2.41. The van der Waals surface area contributed by atoms with Gasteiger partial charge in [-0.15, -0.1) is 11.3 Å². The molecule has 5 aromatic rings. The Hall–Kier alpha value is -3.61. The molecule has 12 heteroatoms. The number of aromatic nitrogens is 4. The molecule has 7 rings (SSSR count). The second kappa shape index (κ2) is 13.5. The van der Waals surface area contributed by atoms with Crippen LogP contribution in [0.5, 0.6) is 0 Å². The maximum Gasteiger partial charge on any atom is 0.273 e. The summed E-state index contributed by atoms with van der Waals surface area (Å²) in [4.78, 5) is 26.0. The molecule has 1 fully saturated rings. The van der Waals surface area contributed by atoms with E-state index >= 15 is 0 Å². The number of nitrogens with zero attached hydrogens (tertiary/aromatic N) is 3. The van der Waals surface area contributed by atoms with Gasteiger partial charge in [-0.25, -0.2) is 22.4 Å². The number of H-pyrrole nitrogens is 1. The third-order valence-electron chi connectivity index (χ3n) is 10.2. The number of ether oxygens (including phenoxy) is 2. The minimum absolute atomic E-state index is 0.117. The Bertz CT molecular complexity index is 2290. The molecule has 0 bridgehead atoms. The van der Waals surface area contributed by atoms with Crippen molar-refractivity contribution in [3.8, 4) is 0 Å². The van der Waals surface area contributed by atoms with Crippen molar-refractivity contribution in [1.29, 1.82) is 0 Å². The number of allylic oxidation sites excluding steroid dienone is 3. The van der Waals surface area contributed by atoms with Crippen molar-refractivity contribution < 1.29 is 17.9 Å². The Morgan fingerprint density at radius 2 is 2.04 bits per heavy atom. The molecule has 4 aromatic heterocycles. The summed E-state index contributed by atoms with van der Waals surface area (Å²) < 4.78 is 40.9. The molecule has 1 saturated heterocycles. The highest BCUT2D eigenvalue weighted by Gasteiger charge is 2.44. The fraction of sp³-hybridized carbons (Fsp3) is 0.395. The van der Waals surface area contributed by atoms with Gasteiger partial charge in [0.15, 0.2) is 6.29 Å². The summed E-state index contributed by atoms with van der Waals surface area (Å²) in [6, 6.07) is 13.6. The average Bonchev–Trinajstić information content (AvgIpc) is 3.80. The van der Waals surface area contributed by atoms with E-state index in [-0.39, 0.29) is 23.5 Å². The zero-order valence-electron chi connectivity index (χ0n) is 28.6. The summed E-state index contributed by atoms with van der Waals surface area (Å²) in [5.74, 6) is 0.305. The van der Waals surface area contributed by atoms with Gasteiger partial charge in [-0.05, 0) is 116 Å². The van der Waals surface area contributed by atoms with E-state index in [9.17, 15) is 13.2 Å². The van der Waals surface area contributed by atoms with Crippen molar-refractivity contribution in [2.45, 2.75) is 76.3 Å². The van der Waals surface area contributed by atoms with E-state index in [4.69, 9.17) is 26.1 Å². The number of nitrogens with one attached hydrogen (secondary N) is 1. The van der Waals surface area contributed by atoms with Crippen LogP contribution >= 0.6 is 22.9 Å². The summed E-state index contributed by atoms with van der Waals surface area (Å²) in [6.07, 6.45) is 10.5. The topological polar surface area (TPSA) is 116 Å². The zero-order valence-corrected chi connectivity index (χ0v) is 31.0. The largest absolute Gasteiger partial charge is 0.353 e. The monoisotopic (exact) mass is 732 g/mol. The third-order valence-corrected chi connectivity index (χ3v) is 13.9. The summed E-state index contributed by atoms with van der Waals surface area (Å²) in [5, 5.41) is 3.68. The van der Waals surface area contributed by atoms with Crippen LogP contribution in [-0.4, -0.2) is 51.6 Å². The Balaban J connectivity index is 1.31. The van der Waals surface area contributed by atoms with Crippen LogP contribution in [0.15, 0.2) is 82.8 Å². The van der Waals surface area contributed by atoms with Crippen molar-refractivity contribution in [1.82, 2.24) is 18.9 Å². The fourth-order valence-corrected chi connectivity index (χ4v) is 10.3. The number of aromatic amines is 1. The number of rotatable bonds is 10. The summed E-state index contributed by atoms with van der Waals surface area (Å²) in [7, 11) is -4.01. The smallest absolute Gasteiger partial charge is 0.273 e. The van der Waals surface area contributed by atoms with Crippen LogP contribution in [0, 0.1) is 5.92 Å². The normalized spacial score (nSPS) is 21.4. The van der Waals surface area contributed by atoms with Gasteiger partial charge in [-0.1, -0.05) is 38.1 Å². The molecule has 50 heavy (non-hydrogen) atoms. The van der Waals surface area contributed by atoms with Crippen LogP contribution in [0.3, 0.4) is 0 Å². The molecule has 1 N–H and O–H groups in total. The van der Waals surface area contributed by atoms with Gasteiger partial charge in [0.25, 0.3) is 5.56 Å². The van der Waals surface area contributed by atoms with Crippen LogP contribution in [0.25, 0.3) is 27.4 Å². The molecule has 3 unspecified atom stereocenters. The van der Waals surface area contributed by atoms with Crippen molar-refractivity contribution in [3.63, 3.8) is 0 Å². The molecule has 1 aromatic carbocycles. The van der Waals surface area contributed by atoms with Crippen molar-refractivity contribution >= 4 is 60.3 Å². The van der Waals surface area contributed by atoms with Gasteiger partial charge in [0, 0.05) is 34.7 Å². The van der Waals surface area contributed by atoms with E-state index in [1.807, 2.05) is 31.2 Å². The van der Waals surface area contributed by atoms with Crippen LogP contribution in [0.2, 0.25) is 5.28 Å². The number of hydrogen-bond donors (Lipinski definition) is 1. The first-order chi connectivity index (χ1) is 23.9. The summed E-state index contributed by atoms with van der Waals surface area (Å²) >= 11 is 8.34. The number of fused-ring (bicyclic) bond motifs is 2. The molecule has 1 aliphatic carbocycles. The molecule has 5 heterocycles. The first kappa shape index (κ1) is 34.8. The lowest BCUT2D eigenvalue weighted by molar-refractivity contribution is -0.170. The zero-order chi connectivity index (χ0) is 35.3. The van der Waals surface area contributed by atoms with Crippen molar-refractivity contribution in [3.05, 3.63) is 110 Å². The van der Waals surface area contributed by atoms with E-state index in [1.54, 1.807) is 30.4 Å². The minimum atomic E-state index is -4.01. The van der Waals surface area contributed by atoms with E-state index in [2.05, 4.69) is 47.4 Å². The van der Waals surface area contributed by atoms with Gasteiger partial charge in [0.1, 0.15) is 10.3 Å². The number of benzene rings is 1. The molecule has 3 atom stereocenters. The Morgan fingerprint density at radius 3 is 2.76 bits per heavy atom. The van der Waals surface area contributed by atoms with Crippen LogP contribution in [0.4, 0.5) is 0 Å². The summed E-state index contributed by atoms with van der Waals surface area (Å²) in [5.41, 5.74) is 3.04. The molecule has 9 nitrogen and oxygen atoms in total. The van der Waals surface area contributed by atoms with Crippen molar-refractivity contribution in [2.24, 2.45) is 5.92 Å². The van der Waals surface area contributed by atoms with Crippen LogP contribution in [0.1, 0.15) is 75.9 Å². The fourth-order valence-electron chi connectivity index (χ4n) is 7.39. The number of hydrogen-bond acceptors (Lipinski definition) is 8. The first-order valence-electron chi connectivity index (χ1n) is 17.0. The summed E-state index contributed by atoms with van der Waals surface area (Å²) in [6.45, 7) is 9.02. The quantitative estimate of drug-likeness (QED) is 0.144. The average molecular weight is 733 g/mol. The van der Waals surface area contributed by atoms with Gasteiger partial charge < -0.3 is 14.5 Å². The van der Waals surface area contributed by atoms with Gasteiger partial charge in [0.2, 0.25) is 15.3 Å². The van der Waals surface area contributed by atoms with Crippen molar-refractivity contribution in [2.75, 3.05) is 13.2 Å². The first-order valence-corrected chi connectivity index (χ1v) is 19.7. The van der Waals surface area contributed by atoms with E-state index in [1.165, 1.54) is 12.4 Å². The molecule has 0 amide bonds. The van der Waals surface area contributed by atoms with E-state index in [0.29, 0.717) is 30.1 Å². The van der Waals surface area contributed by atoms with Crippen LogP contribution in [-0.2, 0) is 24.9 Å². The number of pyridine rings is 1. The Morgan fingerprint density at radius 1 is 1.20 bits per heavy atom. The maximum atomic E-state index is 14.2. The predicted octanol–water partition coefficient (Wildman–Crippen LogP) is 8.23. The lowest BCUT2D eigenvalue weighted by Gasteiger charge is -2.36. The minimum Gasteiger partial charge on any atom is -0.353 e. The number of thiophene rings is 1. The van der Waals surface area contributed by atoms with Crippen LogP contribution < -0.4 is 5.56 Å². The van der Waals surface area contributed by atoms with E-state index in [0.717, 1.165) is 62.3 Å². The molecular formula is C38H41ClN4O5S2. The molecule has 2 aliphatic rings. The highest BCUT2D eigenvalue weighted by Crippen LogP contribution is 2.45. The second-order valence-corrected chi connectivity index (χ2v) is 17.5. The molecule has 0 spiro atoms. The van der Waals surface area contributed by atoms with Gasteiger partial charge in [0.05, 0.1) is 23.2 Å². The van der Waals surface area contributed by atoms with E-state index < -0.39 is 25.7 Å². The molecule has 262 valence electrons. The molecular weight excluding hydrogens is 692 g/mol. The van der Waals surface area contributed by atoms with Gasteiger partial charge in [-0.2, -0.15) is 0 Å². The Kier molecular flexibility index (Phi) is 9.40. The van der Waals surface area contributed by atoms with Gasteiger partial charge >= 0.3 is 0 Å². The highest BCUT2D eigenvalue weighted by molar-refractivity contribution is 7.91. The molecule has 1 aliphatic heterocycles. The predicted molar refractivity (Wildman–Crippen MR) is 200 cm³/mol. The SMILES string of the molecule is CC1=CC(c2ccc3nc(Cl)nc(C(COC4CCCCO4)(CC(C)C)c4cccs4)c3c2)=CCC1(C)S(=O)(=O)n1ccc2cc[nH]c(=O)c21. The Labute approximate surface area is 301 Å². The van der Waals surface area contributed by atoms with Gasteiger partial charge in [-0.3, -0.25) is 4.79 Å². The molecule has 0 radical (unpaired) electrons. The highest BCUT2D eigenvalue weighted by atomic mass is 35.5. The lowest BCUT2D eigenvalue weighted by atomic mass is 9.75. The molecule has 0 saturated carbocycles. The third kappa shape index (κ3) is 6.06. The standard InChI is InChI=1S/C38H41ClN4O5S2/c1-24(2)22-38(31-8-7-19-49-31,23-48-32-9-5-6-18-47-32)34-29-21-27(10-11-30(29)41-36(39)42-34)28-12-15-37(4,25(3)20-28)50(45,46)43-17-14-26-13-16-40-35(44)33(26)43/h7-8,10-14,16-17,19-21,24,32H,5-6,9,15,18,22-23H2,1-4H3,(H,40,44). The number of halogens is 1.